The van der Waals surface area contributed by atoms with Gasteiger partial charge in [-0.15, -0.1) is 11.3 Å². The summed E-state index contributed by atoms with van der Waals surface area (Å²) in [6, 6.07) is 1.43. The molecular weight excluding hydrogens is 230 g/mol. The van der Waals surface area contributed by atoms with Crippen molar-refractivity contribution >= 4 is 17.3 Å². The summed E-state index contributed by atoms with van der Waals surface area (Å²) in [4.78, 5) is 11.1. The summed E-state index contributed by atoms with van der Waals surface area (Å²) in [6.45, 7) is 0.562. The minimum atomic E-state index is -1.14. The average molecular weight is 245 g/mol. The standard InChI is InChI=1S/C10H15NO4S/c1-11-4-2-7(12)8(13)9-6(10(14)15)3-5-16-9/h3,5,7-8,11-13H,2,4H2,1H3,(H,14,15). The van der Waals surface area contributed by atoms with Gasteiger partial charge in [0.2, 0.25) is 0 Å². The lowest BCUT2D eigenvalue weighted by molar-refractivity contribution is 0.0153. The molecule has 0 spiro atoms. The van der Waals surface area contributed by atoms with Gasteiger partial charge in [-0.2, -0.15) is 0 Å². The van der Waals surface area contributed by atoms with E-state index in [9.17, 15) is 15.0 Å². The first-order valence-electron chi connectivity index (χ1n) is 4.89. The zero-order valence-corrected chi connectivity index (χ0v) is 9.70. The molecule has 6 heteroatoms. The van der Waals surface area contributed by atoms with Crippen LogP contribution in [0.1, 0.15) is 27.8 Å². The van der Waals surface area contributed by atoms with Crippen molar-refractivity contribution < 1.29 is 20.1 Å². The van der Waals surface area contributed by atoms with E-state index in [4.69, 9.17) is 5.11 Å². The van der Waals surface area contributed by atoms with Crippen molar-refractivity contribution in [2.24, 2.45) is 0 Å². The van der Waals surface area contributed by atoms with Crippen LogP contribution in [0.2, 0.25) is 0 Å². The molecule has 0 aliphatic carbocycles. The van der Waals surface area contributed by atoms with E-state index in [1.165, 1.54) is 6.07 Å². The van der Waals surface area contributed by atoms with E-state index < -0.39 is 18.2 Å². The smallest absolute Gasteiger partial charge is 0.336 e. The summed E-state index contributed by atoms with van der Waals surface area (Å²) in [5.41, 5.74) is 0.0565. The molecule has 5 nitrogen and oxygen atoms in total. The molecule has 2 atom stereocenters. The fourth-order valence-electron chi connectivity index (χ4n) is 1.35. The van der Waals surface area contributed by atoms with E-state index in [-0.39, 0.29) is 5.56 Å². The lowest BCUT2D eigenvalue weighted by Gasteiger charge is -2.17. The third-order valence-electron chi connectivity index (χ3n) is 2.25. The van der Waals surface area contributed by atoms with Crippen molar-refractivity contribution in [3.05, 3.63) is 21.9 Å². The Hall–Kier alpha value is -0.950. The number of thiophene rings is 1. The van der Waals surface area contributed by atoms with Crippen LogP contribution in [0.5, 0.6) is 0 Å². The molecule has 2 unspecified atom stereocenters. The predicted molar refractivity (Wildman–Crippen MR) is 60.8 cm³/mol. The van der Waals surface area contributed by atoms with Gasteiger partial charge >= 0.3 is 5.97 Å². The highest BCUT2D eigenvalue weighted by Crippen LogP contribution is 2.27. The first kappa shape index (κ1) is 13.1. The second-order valence-corrected chi connectivity index (χ2v) is 4.36. The van der Waals surface area contributed by atoms with Crippen LogP contribution in [-0.2, 0) is 0 Å². The number of aliphatic hydroxyl groups is 2. The molecule has 1 heterocycles. The van der Waals surface area contributed by atoms with E-state index in [2.05, 4.69) is 5.32 Å². The van der Waals surface area contributed by atoms with Gasteiger partial charge in [0.1, 0.15) is 6.10 Å². The SMILES string of the molecule is CNCCC(O)C(O)c1sccc1C(=O)O. The molecule has 1 rings (SSSR count). The van der Waals surface area contributed by atoms with Gasteiger partial charge in [-0.3, -0.25) is 0 Å². The van der Waals surface area contributed by atoms with Crippen LogP contribution in [-0.4, -0.2) is 41.0 Å². The molecule has 1 aromatic heterocycles. The summed E-state index contributed by atoms with van der Waals surface area (Å²) >= 11 is 1.14. The topological polar surface area (TPSA) is 89.8 Å². The number of carboxylic acids is 1. The minimum Gasteiger partial charge on any atom is -0.478 e. The number of hydrogen-bond acceptors (Lipinski definition) is 5. The molecule has 0 saturated heterocycles. The van der Waals surface area contributed by atoms with Gasteiger partial charge in [-0.05, 0) is 31.5 Å². The zero-order valence-electron chi connectivity index (χ0n) is 8.88. The maximum atomic E-state index is 10.8. The minimum absolute atomic E-state index is 0.0565. The van der Waals surface area contributed by atoms with Crippen molar-refractivity contribution in [1.29, 1.82) is 0 Å². The van der Waals surface area contributed by atoms with Gasteiger partial charge in [0, 0.05) is 0 Å². The Balaban J connectivity index is 2.75. The maximum absolute atomic E-state index is 10.8. The van der Waals surface area contributed by atoms with Gasteiger partial charge in [-0.1, -0.05) is 0 Å². The van der Waals surface area contributed by atoms with Gasteiger partial charge < -0.3 is 20.6 Å². The molecule has 0 aliphatic rings. The number of hydrogen-bond donors (Lipinski definition) is 4. The quantitative estimate of drug-likeness (QED) is 0.584. The van der Waals surface area contributed by atoms with Crippen LogP contribution >= 0.6 is 11.3 Å². The third-order valence-corrected chi connectivity index (χ3v) is 3.24. The normalized spacial score (nSPS) is 14.7. The van der Waals surface area contributed by atoms with Crippen LogP contribution in [0.3, 0.4) is 0 Å². The van der Waals surface area contributed by atoms with E-state index in [1.807, 2.05) is 0 Å². The third kappa shape index (κ3) is 3.02. The molecular formula is C10H15NO4S. The van der Waals surface area contributed by atoms with Crippen molar-refractivity contribution in [3.8, 4) is 0 Å². The molecule has 0 aromatic carbocycles. The van der Waals surface area contributed by atoms with Crippen molar-refractivity contribution in [2.75, 3.05) is 13.6 Å². The Morgan fingerprint density at radius 3 is 2.81 bits per heavy atom. The van der Waals surface area contributed by atoms with E-state index >= 15 is 0 Å². The fraction of sp³-hybridized carbons (Fsp3) is 0.500. The molecule has 0 radical (unpaired) electrons. The van der Waals surface area contributed by atoms with Crippen LogP contribution in [0, 0.1) is 0 Å². The fourth-order valence-corrected chi connectivity index (χ4v) is 2.28. The van der Waals surface area contributed by atoms with Crippen molar-refractivity contribution in [2.45, 2.75) is 18.6 Å². The number of aliphatic hydroxyl groups excluding tert-OH is 2. The number of nitrogens with one attached hydrogen (secondary N) is 1. The summed E-state index contributed by atoms with van der Waals surface area (Å²) in [6.07, 6.45) is -1.72. The van der Waals surface area contributed by atoms with Crippen molar-refractivity contribution in [1.82, 2.24) is 5.32 Å². The van der Waals surface area contributed by atoms with E-state index in [0.717, 1.165) is 11.3 Å². The van der Waals surface area contributed by atoms with Gasteiger partial charge in [-0.25, -0.2) is 4.79 Å². The predicted octanol–water partition coefficient (Wildman–Crippen LogP) is 0.450. The van der Waals surface area contributed by atoms with Gasteiger partial charge in [0.15, 0.2) is 0 Å². The Morgan fingerprint density at radius 2 is 2.25 bits per heavy atom. The lowest BCUT2D eigenvalue weighted by atomic mass is 10.1. The Labute approximate surface area is 97.4 Å². The highest BCUT2D eigenvalue weighted by atomic mass is 32.1. The van der Waals surface area contributed by atoms with Crippen LogP contribution in [0.4, 0.5) is 0 Å². The number of carbonyl (C=O) groups is 1. The molecule has 90 valence electrons. The van der Waals surface area contributed by atoms with Crippen LogP contribution in [0.15, 0.2) is 11.4 Å². The summed E-state index contributed by atoms with van der Waals surface area (Å²) in [7, 11) is 1.74. The zero-order chi connectivity index (χ0) is 12.1. The first-order valence-corrected chi connectivity index (χ1v) is 5.77. The molecule has 0 amide bonds. The molecule has 4 N–H and O–H groups in total. The average Bonchev–Trinajstić information content (AvgIpc) is 2.73. The molecule has 0 fully saturated rings. The highest BCUT2D eigenvalue weighted by molar-refractivity contribution is 7.10. The van der Waals surface area contributed by atoms with Gasteiger partial charge in [0.05, 0.1) is 16.5 Å². The number of rotatable bonds is 6. The van der Waals surface area contributed by atoms with E-state index in [1.54, 1.807) is 12.4 Å². The van der Waals surface area contributed by atoms with Crippen LogP contribution < -0.4 is 5.32 Å². The molecule has 0 bridgehead atoms. The molecule has 1 aromatic rings. The Morgan fingerprint density at radius 1 is 1.56 bits per heavy atom. The highest BCUT2D eigenvalue weighted by Gasteiger charge is 2.24. The molecule has 0 aliphatic heterocycles. The Bertz CT molecular complexity index is 352. The van der Waals surface area contributed by atoms with Crippen LogP contribution in [0.25, 0.3) is 0 Å². The summed E-state index contributed by atoms with van der Waals surface area (Å²) in [5, 5.41) is 32.8. The largest absolute Gasteiger partial charge is 0.478 e. The van der Waals surface area contributed by atoms with Crippen molar-refractivity contribution in [3.63, 3.8) is 0 Å². The van der Waals surface area contributed by atoms with Gasteiger partial charge in [0.25, 0.3) is 0 Å². The van der Waals surface area contributed by atoms with E-state index in [0.29, 0.717) is 17.8 Å². The summed E-state index contributed by atoms with van der Waals surface area (Å²) < 4.78 is 0. The molecule has 16 heavy (non-hydrogen) atoms. The Kier molecular flexibility index (Phi) is 4.88. The molecule has 0 saturated carbocycles. The monoisotopic (exact) mass is 245 g/mol. The second kappa shape index (κ2) is 5.95. The summed E-state index contributed by atoms with van der Waals surface area (Å²) in [5.74, 6) is -1.09. The lowest BCUT2D eigenvalue weighted by Crippen LogP contribution is -2.23. The first-order chi connectivity index (χ1) is 7.57. The maximum Gasteiger partial charge on any atom is 0.336 e. The number of carboxylic acid groups (broad SMARTS) is 1. The number of aromatic carboxylic acids is 1. The second-order valence-electron chi connectivity index (χ2n) is 3.41.